The summed E-state index contributed by atoms with van der Waals surface area (Å²) in [6, 6.07) is 10.9. The minimum Gasteiger partial charge on any atom is -0.497 e. The van der Waals surface area contributed by atoms with Crippen LogP contribution in [0.1, 0.15) is 17.2 Å². The van der Waals surface area contributed by atoms with E-state index in [4.69, 9.17) is 9.47 Å². The van der Waals surface area contributed by atoms with Gasteiger partial charge in [0.25, 0.3) is 5.91 Å². The van der Waals surface area contributed by atoms with Crippen LogP contribution in [-0.4, -0.2) is 20.1 Å². The Morgan fingerprint density at radius 3 is 2.64 bits per heavy atom. The van der Waals surface area contributed by atoms with Crippen LogP contribution < -0.4 is 20.1 Å². The van der Waals surface area contributed by atoms with Crippen molar-refractivity contribution in [3.8, 4) is 11.5 Å². The third kappa shape index (κ3) is 2.45. The number of hydrogen-bond donors (Lipinski definition) is 2. The predicted octanol–water partition coefficient (Wildman–Crippen LogP) is 3.12. The zero-order chi connectivity index (χ0) is 15.7. The molecule has 1 aliphatic rings. The second kappa shape index (κ2) is 5.60. The Labute approximate surface area is 129 Å². The number of rotatable bonds is 4. The number of carbonyl (C=O) groups excluding carboxylic acids is 1. The molecule has 1 unspecified atom stereocenters. The van der Waals surface area contributed by atoms with Crippen molar-refractivity contribution in [2.24, 2.45) is 0 Å². The minimum absolute atomic E-state index is 0.0709. The van der Waals surface area contributed by atoms with Crippen LogP contribution in [0.4, 0.5) is 11.4 Å². The second-order valence-corrected chi connectivity index (χ2v) is 5.22. The fourth-order valence-corrected chi connectivity index (χ4v) is 2.60. The zero-order valence-corrected chi connectivity index (χ0v) is 12.8. The van der Waals surface area contributed by atoms with E-state index in [1.165, 1.54) is 0 Å². The van der Waals surface area contributed by atoms with Gasteiger partial charge < -0.3 is 20.1 Å². The number of methoxy groups -OCH3 is 2. The number of ether oxygens (including phenoxy) is 2. The minimum atomic E-state index is -0.433. The van der Waals surface area contributed by atoms with Gasteiger partial charge in [0.2, 0.25) is 0 Å². The first-order chi connectivity index (χ1) is 10.6. The molecule has 0 radical (unpaired) electrons. The highest BCUT2D eigenvalue weighted by atomic mass is 16.5. The predicted molar refractivity (Wildman–Crippen MR) is 85.7 cm³/mol. The van der Waals surface area contributed by atoms with Crippen LogP contribution in [0.3, 0.4) is 0 Å². The lowest BCUT2D eigenvalue weighted by molar-refractivity contribution is -0.116. The molecule has 2 N–H and O–H groups in total. The number of fused-ring (bicyclic) bond motifs is 1. The molecule has 0 saturated carbocycles. The molecule has 22 heavy (non-hydrogen) atoms. The Hall–Kier alpha value is -2.69. The number of carbonyl (C=O) groups is 1. The molecule has 3 rings (SSSR count). The Kier molecular flexibility index (Phi) is 3.63. The molecule has 0 saturated heterocycles. The molecule has 114 valence electrons. The molecule has 1 heterocycles. The lowest BCUT2D eigenvalue weighted by Crippen LogP contribution is -2.20. The number of benzene rings is 2. The standard InChI is InChI=1S/C17H18N2O3/c1-10-4-6-13-12(8-10)16(17(20)19-13)18-14-7-5-11(21-2)9-15(14)22-3/h4-9,16,18H,1-3H3,(H,19,20). The van der Waals surface area contributed by atoms with Crippen LogP contribution in [0, 0.1) is 6.92 Å². The van der Waals surface area contributed by atoms with E-state index < -0.39 is 6.04 Å². The first kappa shape index (κ1) is 14.3. The summed E-state index contributed by atoms with van der Waals surface area (Å²) in [6.45, 7) is 2.01. The van der Waals surface area contributed by atoms with Gasteiger partial charge in [-0.15, -0.1) is 0 Å². The van der Waals surface area contributed by atoms with Gasteiger partial charge in [0, 0.05) is 17.3 Å². The van der Waals surface area contributed by atoms with Crippen molar-refractivity contribution in [1.82, 2.24) is 0 Å². The lowest BCUT2D eigenvalue weighted by Gasteiger charge is -2.16. The maximum absolute atomic E-state index is 12.2. The summed E-state index contributed by atoms with van der Waals surface area (Å²) >= 11 is 0. The van der Waals surface area contributed by atoms with Crippen LogP contribution in [-0.2, 0) is 4.79 Å². The van der Waals surface area contributed by atoms with E-state index in [-0.39, 0.29) is 5.91 Å². The smallest absolute Gasteiger partial charge is 0.251 e. The van der Waals surface area contributed by atoms with Crippen LogP contribution in [0.5, 0.6) is 11.5 Å². The van der Waals surface area contributed by atoms with Gasteiger partial charge in [-0.1, -0.05) is 17.7 Å². The average molecular weight is 298 g/mol. The quantitative estimate of drug-likeness (QED) is 0.910. The monoisotopic (exact) mass is 298 g/mol. The summed E-state index contributed by atoms with van der Waals surface area (Å²) in [5, 5.41) is 6.14. The summed E-state index contributed by atoms with van der Waals surface area (Å²) in [6.07, 6.45) is 0. The first-order valence-electron chi connectivity index (χ1n) is 7.02. The molecule has 0 aromatic heterocycles. The third-order valence-corrected chi connectivity index (χ3v) is 3.75. The highest BCUT2D eigenvalue weighted by Crippen LogP contribution is 2.37. The van der Waals surface area contributed by atoms with Gasteiger partial charge >= 0.3 is 0 Å². The number of amides is 1. The molecule has 2 aromatic carbocycles. The summed E-state index contributed by atoms with van der Waals surface area (Å²) in [4.78, 5) is 12.2. The molecule has 5 nitrogen and oxygen atoms in total. The summed E-state index contributed by atoms with van der Waals surface area (Å²) in [5.41, 5.74) is 3.66. The highest BCUT2D eigenvalue weighted by molar-refractivity contribution is 6.04. The fourth-order valence-electron chi connectivity index (χ4n) is 2.60. The molecule has 1 amide bonds. The van der Waals surface area contributed by atoms with Gasteiger partial charge in [0.05, 0.1) is 19.9 Å². The summed E-state index contributed by atoms with van der Waals surface area (Å²) in [5.74, 6) is 1.27. The molecular formula is C17H18N2O3. The van der Waals surface area contributed by atoms with E-state index >= 15 is 0 Å². The van der Waals surface area contributed by atoms with E-state index in [1.54, 1.807) is 20.3 Å². The Balaban J connectivity index is 1.94. The number of nitrogens with one attached hydrogen (secondary N) is 2. The van der Waals surface area contributed by atoms with E-state index in [1.807, 2.05) is 37.3 Å². The van der Waals surface area contributed by atoms with Gasteiger partial charge in [-0.25, -0.2) is 0 Å². The summed E-state index contributed by atoms with van der Waals surface area (Å²) in [7, 11) is 3.19. The van der Waals surface area contributed by atoms with Crippen molar-refractivity contribution in [2.45, 2.75) is 13.0 Å². The Morgan fingerprint density at radius 2 is 1.91 bits per heavy atom. The van der Waals surface area contributed by atoms with Crippen molar-refractivity contribution < 1.29 is 14.3 Å². The van der Waals surface area contributed by atoms with E-state index in [2.05, 4.69) is 10.6 Å². The van der Waals surface area contributed by atoms with Gasteiger partial charge in [0.1, 0.15) is 17.5 Å². The van der Waals surface area contributed by atoms with Gasteiger partial charge in [-0.05, 0) is 25.1 Å². The molecule has 0 fully saturated rings. The van der Waals surface area contributed by atoms with Crippen LogP contribution >= 0.6 is 0 Å². The molecule has 0 bridgehead atoms. The number of aryl methyl sites for hydroxylation is 1. The molecule has 0 aliphatic carbocycles. The van der Waals surface area contributed by atoms with Crippen LogP contribution in [0.25, 0.3) is 0 Å². The lowest BCUT2D eigenvalue weighted by atomic mass is 10.0. The third-order valence-electron chi connectivity index (χ3n) is 3.75. The molecule has 1 atom stereocenters. The number of hydrogen-bond acceptors (Lipinski definition) is 4. The normalized spacial score (nSPS) is 16.0. The van der Waals surface area contributed by atoms with Gasteiger partial charge in [-0.2, -0.15) is 0 Å². The molecular weight excluding hydrogens is 280 g/mol. The van der Waals surface area contributed by atoms with Crippen molar-refractivity contribution in [2.75, 3.05) is 24.9 Å². The molecule has 5 heteroatoms. The van der Waals surface area contributed by atoms with E-state index in [0.29, 0.717) is 11.5 Å². The molecule has 1 aliphatic heterocycles. The maximum Gasteiger partial charge on any atom is 0.251 e. The van der Waals surface area contributed by atoms with Crippen molar-refractivity contribution in [3.05, 3.63) is 47.5 Å². The number of anilines is 2. The van der Waals surface area contributed by atoms with Crippen molar-refractivity contribution >= 4 is 17.3 Å². The largest absolute Gasteiger partial charge is 0.497 e. The Morgan fingerprint density at radius 1 is 1.09 bits per heavy atom. The topological polar surface area (TPSA) is 59.6 Å². The first-order valence-corrected chi connectivity index (χ1v) is 7.02. The van der Waals surface area contributed by atoms with Gasteiger partial charge in [0.15, 0.2) is 0 Å². The maximum atomic E-state index is 12.2. The molecule has 0 spiro atoms. The SMILES string of the molecule is COc1ccc(NC2C(=O)Nc3ccc(C)cc32)c(OC)c1. The Bertz CT molecular complexity index is 728. The fraction of sp³-hybridized carbons (Fsp3) is 0.235. The summed E-state index contributed by atoms with van der Waals surface area (Å²) < 4.78 is 10.6. The van der Waals surface area contributed by atoms with E-state index in [9.17, 15) is 4.79 Å². The van der Waals surface area contributed by atoms with Crippen LogP contribution in [0.15, 0.2) is 36.4 Å². The van der Waals surface area contributed by atoms with Crippen LogP contribution in [0.2, 0.25) is 0 Å². The average Bonchev–Trinajstić information content (AvgIpc) is 2.83. The highest BCUT2D eigenvalue weighted by Gasteiger charge is 2.31. The van der Waals surface area contributed by atoms with Crippen molar-refractivity contribution in [3.63, 3.8) is 0 Å². The molecule has 2 aromatic rings. The van der Waals surface area contributed by atoms with Gasteiger partial charge in [-0.3, -0.25) is 4.79 Å². The zero-order valence-electron chi connectivity index (χ0n) is 12.8. The van der Waals surface area contributed by atoms with Crippen molar-refractivity contribution in [1.29, 1.82) is 0 Å². The second-order valence-electron chi connectivity index (χ2n) is 5.22. The van der Waals surface area contributed by atoms with E-state index in [0.717, 1.165) is 22.5 Å².